The van der Waals surface area contributed by atoms with E-state index in [-0.39, 0.29) is 18.6 Å². The first-order valence-electron chi connectivity index (χ1n) is 16.8. The average Bonchev–Trinajstić information content (AvgIpc) is 3.16. The predicted molar refractivity (Wildman–Crippen MR) is 194 cm³/mol. The molecule has 0 spiro atoms. The van der Waals surface area contributed by atoms with Gasteiger partial charge in [-0.05, 0) is 81.6 Å². The average molecular weight is 692 g/mol. The number of carbonyl (C=O) groups excluding carboxylic acids is 4. The fraction of sp³-hybridized carbons (Fsp3) is 0.250. The predicted octanol–water partition coefficient (Wildman–Crippen LogP) is 6.06. The molecule has 3 amide bonds. The number of nitrogens with one attached hydrogen (secondary N) is 3. The number of benzene rings is 5. The van der Waals surface area contributed by atoms with Gasteiger partial charge in [0.2, 0.25) is 5.91 Å². The summed E-state index contributed by atoms with van der Waals surface area (Å²) < 4.78 is 16.4. The fourth-order valence-corrected chi connectivity index (χ4v) is 5.52. The van der Waals surface area contributed by atoms with Crippen molar-refractivity contribution in [2.75, 3.05) is 26.9 Å². The second-order valence-corrected chi connectivity index (χ2v) is 11.8. The Labute approximate surface area is 296 Å². The summed E-state index contributed by atoms with van der Waals surface area (Å²) >= 11 is 0. The Hall–Kier alpha value is -6.10. The number of amides is 3. The van der Waals surface area contributed by atoms with Gasteiger partial charge in [0.05, 0.1) is 32.4 Å². The highest BCUT2D eigenvalue weighted by molar-refractivity contribution is 6.02. The Morgan fingerprint density at radius 2 is 1.41 bits per heavy atom. The van der Waals surface area contributed by atoms with Crippen LogP contribution >= 0.6 is 0 Å². The molecule has 0 unspecified atom stereocenters. The lowest BCUT2D eigenvalue weighted by atomic mass is 9.95. The van der Waals surface area contributed by atoms with E-state index in [1.807, 2.05) is 54.0 Å². The molecule has 0 radical (unpaired) electrons. The minimum atomic E-state index is -1.09. The molecule has 11 heteroatoms. The number of rotatable bonds is 15. The third-order valence-electron chi connectivity index (χ3n) is 8.21. The Morgan fingerprint density at radius 3 is 2.06 bits per heavy atom. The van der Waals surface area contributed by atoms with Gasteiger partial charge in [0.1, 0.15) is 17.5 Å². The highest BCUT2D eigenvalue weighted by atomic mass is 16.7. The molecule has 264 valence electrons. The number of hydrogen-bond donors (Lipinski definition) is 3. The van der Waals surface area contributed by atoms with Gasteiger partial charge >= 0.3 is 12.1 Å². The molecule has 51 heavy (non-hydrogen) atoms. The minimum absolute atomic E-state index is 0.0734. The van der Waals surface area contributed by atoms with Crippen molar-refractivity contribution in [3.8, 4) is 11.5 Å². The van der Waals surface area contributed by atoms with Gasteiger partial charge in [-0.15, -0.1) is 0 Å². The number of hydrogen-bond acceptors (Lipinski definition) is 8. The monoisotopic (exact) mass is 691 g/mol. The third-order valence-corrected chi connectivity index (χ3v) is 8.21. The molecule has 0 aliphatic heterocycles. The van der Waals surface area contributed by atoms with E-state index in [1.165, 1.54) is 19.2 Å². The summed E-state index contributed by atoms with van der Waals surface area (Å²) in [7, 11) is 1.50. The Morgan fingerprint density at radius 1 is 0.765 bits per heavy atom. The van der Waals surface area contributed by atoms with Crippen LogP contribution in [0.2, 0.25) is 0 Å². The number of hydroxylamine groups is 1. The van der Waals surface area contributed by atoms with Gasteiger partial charge in [-0.25, -0.2) is 9.59 Å². The summed E-state index contributed by atoms with van der Waals surface area (Å²) in [6, 6.07) is 30.5. The SMILES string of the molecule is CCCCOc1ccc(C[C@H](NC(=O)OCCc2c3ccccc3cc3ccccc23)C(=O)NCC(=O)NOC(=O)c2ccc(OC)cc2)cc1. The second kappa shape index (κ2) is 18.1. The molecular formula is C40H41N3O8. The van der Waals surface area contributed by atoms with Crippen molar-refractivity contribution in [1.82, 2.24) is 16.1 Å². The Bertz CT molecular complexity index is 1910. The fourth-order valence-electron chi connectivity index (χ4n) is 5.52. The van der Waals surface area contributed by atoms with Gasteiger partial charge in [0.15, 0.2) is 0 Å². The normalized spacial score (nSPS) is 11.3. The van der Waals surface area contributed by atoms with Gasteiger partial charge in [-0.1, -0.05) is 74.0 Å². The van der Waals surface area contributed by atoms with Crippen LogP contribution in [-0.4, -0.2) is 56.8 Å². The van der Waals surface area contributed by atoms with Crippen molar-refractivity contribution in [1.29, 1.82) is 0 Å². The van der Waals surface area contributed by atoms with E-state index >= 15 is 0 Å². The number of ether oxygens (including phenoxy) is 3. The lowest BCUT2D eigenvalue weighted by molar-refractivity contribution is -0.132. The molecule has 0 aliphatic rings. The van der Waals surface area contributed by atoms with Crippen LogP contribution in [0.25, 0.3) is 21.5 Å². The van der Waals surface area contributed by atoms with Gasteiger partial charge in [0, 0.05) is 12.8 Å². The van der Waals surface area contributed by atoms with Crippen molar-refractivity contribution in [2.24, 2.45) is 0 Å². The van der Waals surface area contributed by atoms with Crippen LogP contribution in [0.3, 0.4) is 0 Å². The van der Waals surface area contributed by atoms with Gasteiger partial charge in [-0.2, -0.15) is 5.48 Å². The maximum Gasteiger partial charge on any atom is 0.407 e. The molecule has 5 rings (SSSR count). The van der Waals surface area contributed by atoms with Gasteiger partial charge < -0.3 is 29.7 Å². The van der Waals surface area contributed by atoms with E-state index in [0.29, 0.717) is 24.5 Å². The van der Waals surface area contributed by atoms with Crippen molar-refractivity contribution < 1.29 is 38.2 Å². The summed E-state index contributed by atoms with van der Waals surface area (Å²) in [6.07, 6.45) is 1.73. The summed E-state index contributed by atoms with van der Waals surface area (Å²) in [6.45, 7) is 2.24. The van der Waals surface area contributed by atoms with Crippen LogP contribution in [0.4, 0.5) is 4.79 Å². The first-order chi connectivity index (χ1) is 24.8. The van der Waals surface area contributed by atoms with Crippen LogP contribution in [0.15, 0.2) is 103 Å². The number of unbranched alkanes of at least 4 members (excludes halogenated alkanes) is 1. The Balaban J connectivity index is 1.20. The maximum absolute atomic E-state index is 13.3. The van der Waals surface area contributed by atoms with Crippen molar-refractivity contribution in [3.05, 3.63) is 120 Å². The maximum atomic E-state index is 13.3. The molecule has 0 fully saturated rings. The molecule has 5 aromatic carbocycles. The van der Waals surface area contributed by atoms with Crippen LogP contribution in [0, 0.1) is 0 Å². The van der Waals surface area contributed by atoms with Gasteiger partial charge in [-0.3, -0.25) is 9.59 Å². The summed E-state index contributed by atoms with van der Waals surface area (Å²) in [5, 5.41) is 9.49. The number of methoxy groups -OCH3 is 1. The van der Waals surface area contributed by atoms with Crippen LogP contribution in [0.5, 0.6) is 11.5 Å². The molecular weight excluding hydrogens is 650 g/mol. The molecule has 0 bridgehead atoms. The van der Waals surface area contributed by atoms with E-state index < -0.39 is 36.5 Å². The zero-order valence-corrected chi connectivity index (χ0v) is 28.6. The molecule has 3 N–H and O–H groups in total. The molecule has 0 heterocycles. The standard InChI is InChI=1S/C40H41N3O8/c1-3-4-22-49-32-17-13-27(14-18-32)24-36(38(45)41-26-37(44)43-51-39(46)28-15-19-31(48-2)20-16-28)42-40(47)50-23-21-35-33-11-7-5-9-29(33)25-30-10-6-8-12-34(30)35/h5-20,25,36H,3-4,21-24,26H2,1-2H3,(H,41,45)(H,42,47)(H,43,44)/t36-/m0/s1. The van der Waals surface area contributed by atoms with E-state index in [4.69, 9.17) is 19.0 Å². The highest BCUT2D eigenvalue weighted by Gasteiger charge is 2.23. The highest BCUT2D eigenvalue weighted by Crippen LogP contribution is 2.29. The van der Waals surface area contributed by atoms with Gasteiger partial charge in [0.25, 0.3) is 5.91 Å². The zero-order chi connectivity index (χ0) is 36.0. The zero-order valence-electron chi connectivity index (χ0n) is 28.6. The molecule has 1 atom stereocenters. The smallest absolute Gasteiger partial charge is 0.407 e. The van der Waals surface area contributed by atoms with Crippen molar-refractivity contribution in [3.63, 3.8) is 0 Å². The minimum Gasteiger partial charge on any atom is -0.497 e. The largest absolute Gasteiger partial charge is 0.497 e. The molecule has 0 saturated carbocycles. The first kappa shape index (κ1) is 36.2. The number of alkyl carbamates (subject to hydrolysis) is 1. The van der Waals surface area contributed by atoms with E-state index in [2.05, 4.69) is 35.8 Å². The summed E-state index contributed by atoms with van der Waals surface area (Å²) in [5.74, 6) is -0.949. The lowest BCUT2D eigenvalue weighted by Gasteiger charge is -2.19. The molecule has 0 aromatic heterocycles. The molecule has 0 aliphatic carbocycles. The van der Waals surface area contributed by atoms with E-state index in [9.17, 15) is 19.2 Å². The van der Waals surface area contributed by atoms with Crippen molar-refractivity contribution in [2.45, 2.75) is 38.6 Å². The summed E-state index contributed by atoms with van der Waals surface area (Å²) in [5.41, 5.74) is 4.03. The first-order valence-corrected chi connectivity index (χ1v) is 16.8. The topological polar surface area (TPSA) is 141 Å². The van der Waals surface area contributed by atoms with Crippen LogP contribution in [0.1, 0.15) is 41.3 Å². The van der Waals surface area contributed by atoms with E-state index in [0.717, 1.165) is 45.5 Å². The number of carbonyl (C=O) groups is 4. The second-order valence-electron chi connectivity index (χ2n) is 11.8. The molecule has 0 saturated heterocycles. The lowest BCUT2D eigenvalue weighted by Crippen LogP contribution is -2.50. The molecule has 11 nitrogen and oxygen atoms in total. The third kappa shape index (κ3) is 10.2. The van der Waals surface area contributed by atoms with E-state index in [1.54, 1.807) is 24.3 Å². The summed E-state index contributed by atoms with van der Waals surface area (Å²) in [4.78, 5) is 56.0. The van der Waals surface area contributed by atoms with Crippen molar-refractivity contribution >= 4 is 45.4 Å². The number of fused-ring (bicyclic) bond motifs is 2. The molecule has 5 aromatic rings. The Kier molecular flexibility index (Phi) is 12.8. The van der Waals surface area contributed by atoms with Crippen LogP contribution < -0.4 is 25.6 Å². The quantitative estimate of drug-likeness (QED) is 0.0683. The van der Waals surface area contributed by atoms with Crippen LogP contribution in [-0.2, 0) is 32.0 Å².